The number of halogens is 1. The van der Waals surface area contributed by atoms with E-state index in [4.69, 9.17) is 14.5 Å². The summed E-state index contributed by atoms with van der Waals surface area (Å²) >= 11 is 0. The summed E-state index contributed by atoms with van der Waals surface area (Å²) in [4.78, 5) is 11.5. The zero-order chi connectivity index (χ0) is 20.1. The third-order valence-corrected chi connectivity index (χ3v) is 6.03. The van der Waals surface area contributed by atoms with Gasteiger partial charge in [0.15, 0.2) is 5.96 Å². The molecule has 2 aliphatic heterocycles. The van der Waals surface area contributed by atoms with Gasteiger partial charge in [0.25, 0.3) is 0 Å². The predicted molar refractivity (Wildman–Crippen MR) is 130 cm³/mol. The lowest BCUT2D eigenvalue weighted by molar-refractivity contribution is -0.0721. The first-order chi connectivity index (χ1) is 14.2. The van der Waals surface area contributed by atoms with Crippen LogP contribution in [0.25, 0.3) is 11.0 Å². The third-order valence-electron chi connectivity index (χ3n) is 6.03. The van der Waals surface area contributed by atoms with Crippen LogP contribution in [0.2, 0.25) is 0 Å². The highest BCUT2D eigenvalue weighted by atomic mass is 127. The Kier molecular flexibility index (Phi) is 8.76. The Hall–Kier alpha value is -1.39. The van der Waals surface area contributed by atoms with Crippen LogP contribution in [0.4, 0.5) is 0 Å². The number of guanidine groups is 1. The molecule has 2 aromatic rings. The highest BCUT2D eigenvalue weighted by molar-refractivity contribution is 14.0. The fourth-order valence-corrected chi connectivity index (χ4v) is 4.26. The molecule has 1 aromatic carbocycles. The molecule has 1 N–H and O–H groups in total. The number of aromatic nitrogens is 2. The Morgan fingerprint density at radius 1 is 1.23 bits per heavy atom. The van der Waals surface area contributed by atoms with Gasteiger partial charge < -0.3 is 24.3 Å². The number of ether oxygens (including phenoxy) is 2. The predicted octanol–water partition coefficient (Wildman–Crippen LogP) is 3.32. The van der Waals surface area contributed by atoms with E-state index in [1.165, 1.54) is 12.8 Å². The van der Waals surface area contributed by atoms with Gasteiger partial charge in [0.05, 0.1) is 36.4 Å². The van der Waals surface area contributed by atoms with Crippen molar-refractivity contribution in [2.75, 3.05) is 33.4 Å². The Balaban J connectivity index is 0.00000256. The number of benzene rings is 1. The Labute approximate surface area is 196 Å². The number of hydrogen-bond acceptors (Lipinski definition) is 4. The maximum atomic E-state index is 6.14. The van der Waals surface area contributed by atoms with Crippen molar-refractivity contribution < 1.29 is 9.47 Å². The van der Waals surface area contributed by atoms with Crippen LogP contribution >= 0.6 is 24.0 Å². The smallest absolute Gasteiger partial charge is 0.194 e. The molecule has 8 heteroatoms. The van der Waals surface area contributed by atoms with Gasteiger partial charge in [0.2, 0.25) is 0 Å². The second-order valence-corrected chi connectivity index (χ2v) is 7.98. The van der Waals surface area contributed by atoms with Crippen LogP contribution in [0.1, 0.15) is 37.9 Å². The van der Waals surface area contributed by atoms with Gasteiger partial charge in [-0.3, -0.25) is 4.99 Å². The van der Waals surface area contributed by atoms with E-state index < -0.39 is 0 Å². The monoisotopic (exact) mass is 527 g/mol. The van der Waals surface area contributed by atoms with E-state index in [-0.39, 0.29) is 24.0 Å². The van der Waals surface area contributed by atoms with Crippen LogP contribution < -0.4 is 5.32 Å². The quantitative estimate of drug-likeness (QED) is 0.368. The number of aryl methyl sites for hydroxylation is 1. The molecule has 2 fully saturated rings. The molecule has 2 aliphatic rings. The minimum absolute atomic E-state index is 0. The van der Waals surface area contributed by atoms with Gasteiger partial charge in [-0.1, -0.05) is 12.1 Å². The molecule has 1 unspecified atom stereocenters. The van der Waals surface area contributed by atoms with E-state index in [1.54, 1.807) is 0 Å². The van der Waals surface area contributed by atoms with Gasteiger partial charge in [0, 0.05) is 33.8 Å². The average molecular weight is 527 g/mol. The van der Waals surface area contributed by atoms with Gasteiger partial charge in [0.1, 0.15) is 5.82 Å². The van der Waals surface area contributed by atoms with Crippen molar-refractivity contribution >= 4 is 41.0 Å². The molecule has 2 saturated heterocycles. The standard InChI is InChI=1S/C22H33N5O2.HI/c1-23-22(24-15-21-25-19-8-3-4-9-20(19)26(21)2)27-12-10-17(11-13-27)29-16-18-7-5-6-14-28-18;/h3-4,8-9,17-18H,5-7,10-16H2,1-2H3,(H,23,24);1H. The molecule has 30 heavy (non-hydrogen) atoms. The summed E-state index contributed by atoms with van der Waals surface area (Å²) in [6.45, 7) is 4.20. The van der Waals surface area contributed by atoms with E-state index in [1.807, 2.05) is 19.2 Å². The first-order valence-corrected chi connectivity index (χ1v) is 10.8. The van der Waals surface area contributed by atoms with Gasteiger partial charge in [-0.05, 0) is 44.2 Å². The van der Waals surface area contributed by atoms with Crippen LogP contribution in [0.3, 0.4) is 0 Å². The van der Waals surface area contributed by atoms with Crippen molar-refractivity contribution in [1.82, 2.24) is 19.8 Å². The fraction of sp³-hybridized carbons (Fsp3) is 0.636. The number of likely N-dealkylation sites (tertiary alicyclic amines) is 1. The van der Waals surface area contributed by atoms with Crippen LogP contribution in [0.15, 0.2) is 29.3 Å². The molecule has 1 aromatic heterocycles. The number of fused-ring (bicyclic) bond motifs is 1. The summed E-state index contributed by atoms with van der Waals surface area (Å²) in [5.74, 6) is 1.95. The Bertz CT molecular complexity index is 826. The highest BCUT2D eigenvalue weighted by Crippen LogP contribution is 2.18. The van der Waals surface area contributed by atoms with Crippen molar-refractivity contribution in [2.24, 2.45) is 12.0 Å². The summed E-state index contributed by atoms with van der Waals surface area (Å²) in [5.41, 5.74) is 2.18. The van der Waals surface area contributed by atoms with E-state index in [9.17, 15) is 0 Å². The van der Waals surface area contributed by atoms with Crippen molar-refractivity contribution in [3.63, 3.8) is 0 Å². The first kappa shape index (κ1) is 23.3. The maximum Gasteiger partial charge on any atom is 0.194 e. The second kappa shape index (κ2) is 11.3. The first-order valence-electron chi connectivity index (χ1n) is 10.8. The second-order valence-electron chi connectivity index (χ2n) is 7.98. The molecule has 4 rings (SSSR count). The van der Waals surface area contributed by atoms with E-state index in [0.717, 1.165) is 68.4 Å². The molecule has 0 spiro atoms. The summed E-state index contributed by atoms with van der Waals surface area (Å²) in [6.07, 6.45) is 6.27. The lowest BCUT2D eigenvalue weighted by Crippen LogP contribution is -2.47. The van der Waals surface area contributed by atoms with Crippen molar-refractivity contribution in [2.45, 2.75) is 50.9 Å². The number of nitrogens with zero attached hydrogens (tertiary/aromatic N) is 4. The molecule has 3 heterocycles. The molecule has 0 bridgehead atoms. The molecule has 1 atom stereocenters. The molecular weight excluding hydrogens is 493 g/mol. The largest absolute Gasteiger partial charge is 0.376 e. The zero-order valence-electron chi connectivity index (χ0n) is 18.0. The summed E-state index contributed by atoms with van der Waals surface area (Å²) in [7, 11) is 3.91. The molecule has 0 amide bonds. The number of para-hydroxylation sites is 2. The van der Waals surface area contributed by atoms with E-state index >= 15 is 0 Å². The summed E-state index contributed by atoms with van der Waals surface area (Å²) in [6, 6.07) is 8.23. The van der Waals surface area contributed by atoms with Crippen LogP contribution in [-0.2, 0) is 23.1 Å². The Morgan fingerprint density at radius 3 is 2.73 bits per heavy atom. The zero-order valence-corrected chi connectivity index (χ0v) is 20.4. The molecule has 0 radical (unpaired) electrons. The number of nitrogens with one attached hydrogen (secondary N) is 1. The molecule has 166 valence electrons. The van der Waals surface area contributed by atoms with Crippen LogP contribution in [0, 0.1) is 0 Å². The minimum atomic E-state index is 0. The summed E-state index contributed by atoms with van der Waals surface area (Å²) < 4.78 is 14.1. The summed E-state index contributed by atoms with van der Waals surface area (Å²) in [5, 5.41) is 3.49. The lowest BCUT2D eigenvalue weighted by Gasteiger charge is -2.35. The third kappa shape index (κ3) is 5.64. The minimum Gasteiger partial charge on any atom is -0.376 e. The lowest BCUT2D eigenvalue weighted by atomic mass is 10.1. The average Bonchev–Trinajstić information content (AvgIpc) is 3.10. The van der Waals surface area contributed by atoms with Gasteiger partial charge in [-0.25, -0.2) is 4.98 Å². The molecule has 0 saturated carbocycles. The van der Waals surface area contributed by atoms with Gasteiger partial charge >= 0.3 is 0 Å². The maximum absolute atomic E-state index is 6.14. The van der Waals surface area contributed by atoms with E-state index in [2.05, 4.69) is 39.0 Å². The van der Waals surface area contributed by atoms with Crippen molar-refractivity contribution in [1.29, 1.82) is 0 Å². The van der Waals surface area contributed by atoms with Gasteiger partial charge in [-0.2, -0.15) is 0 Å². The number of imidazole rings is 1. The van der Waals surface area contributed by atoms with Crippen LogP contribution in [0.5, 0.6) is 0 Å². The highest BCUT2D eigenvalue weighted by Gasteiger charge is 2.24. The number of hydrogen-bond donors (Lipinski definition) is 1. The van der Waals surface area contributed by atoms with Gasteiger partial charge in [-0.15, -0.1) is 24.0 Å². The number of aliphatic imine (C=N–C) groups is 1. The van der Waals surface area contributed by atoms with Crippen LogP contribution in [-0.4, -0.2) is 66.0 Å². The molecular formula is C22H34IN5O2. The fourth-order valence-electron chi connectivity index (χ4n) is 4.26. The SMILES string of the molecule is CN=C(NCc1nc2ccccc2n1C)N1CCC(OCC2CCCCO2)CC1.I. The van der Waals surface area contributed by atoms with Crippen molar-refractivity contribution in [3.8, 4) is 0 Å². The number of piperidine rings is 1. The Morgan fingerprint density at radius 2 is 2.03 bits per heavy atom. The van der Waals surface area contributed by atoms with E-state index in [0.29, 0.717) is 18.8 Å². The molecule has 7 nitrogen and oxygen atoms in total. The number of rotatable bonds is 5. The topological polar surface area (TPSA) is 63.9 Å². The molecule has 0 aliphatic carbocycles. The normalized spacial score (nSPS) is 20.9. The van der Waals surface area contributed by atoms with Crippen molar-refractivity contribution in [3.05, 3.63) is 30.1 Å².